The molecule has 0 aromatic heterocycles. The maximum Gasteiger partial charge on any atom is 0.514 e. The zero-order chi connectivity index (χ0) is 36.4. The minimum Gasteiger partial charge on any atom is -0.493 e. The van der Waals surface area contributed by atoms with Crippen LogP contribution in [0, 0.1) is 11.8 Å². The van der Waals surface area contributed by atoms with Gasteiger partial charge in [0.1, 0.15) is 31.0 Å². The number of hydrogen-bond donors (Lipinski definition) is 4. The number of carbonyl (C=O) groups excluding carboxylic acids is 2. The summed E-state index contributed by atoms with van der Waals surface area (Å²) in [4.78, 5) is 26.0. The van der Waals surface area contributed by atoms with Crippen LogP contribution in [0.25, 0.3) is 0 Å². The molecule has 4 N–H and O–H groups in total. The van der Waals surface area contributed by atoms with Crippen LogP contribution in [0.4, 0.5) is 4.79 Å². The standard InChI is InChI=1S/C34H42O17/c1-5-43-15(2)49-25-13-45-33(29(38)28(25)37)50-30-19-9-22-21(47-14-48-22)8-18(19)26(27-20(30)12-44-32(27)39)16-6-23(41-3)31(24(7-16)42-4)51-34(40)46-11-17(36)10-35/h6-9,15,17,20,25-30,33,35-38H,5,10-14H2,1-4H3/t15?,17?,20?,25?,26-,27+,28?,29?,30?,33?/m1/s1. The van der Waals surface area contributed by atoms with E-state index in [0.717, 1.165) is 0 Å². The van der Waals surface area contributed by atoms with Crippen molar-refractivity contribution < 1.29 is 82.1 Å². The largest absolute Gasteiger partial charge is 0.514 e. The van der Waals surface area contributed by atoms with Gasteiger partial charge in [0.25, 0.3) is 0 Å². The maximum atomic E-state index is 13.6. The number of esters is 1. The molecule has 6 rings (SSSR count). The van der Waals surface area contributed by atoms with Crippen LogP contribution in [0.2, 0.25) is 0 Å². The summed E-state index contributed by atoms with van der Waals surface area (Å²) in [6, 6.07) is 6.67. The van der Waals surface area contributed by atoms with Crippen molar-refractivity contribution in [1.82, 2.24) is 0 Å². The predicted molar refractivity (Wildman–Crippen MR) is 169 cm³/mol. The fraction of sp³-hybridized carbons (Fsp3) is 0.588. The molecule has 1 aliphatic carbocycles. The van der Waals surface area contributed by atoms with E-state index in [2.05, 4.69) is 0 Å². The lowest BCUT2D eigenvalue weighted by atomic mass is 9.66. The molecule has 8 unspecified atom stereocenters. The van der Waals surface area contributed by atoms with E-state index >= 15 is 0 Å². The second-order valence-corrected chi connectivity index (χ2v) is 12.3. The van der Waals surface area contributed by atoms with Gasteiger partial charge in [-0.2, -0.15) is 0 Å². The van der Waals surface area contributed by atoms with Crippen molar-refractivity contribution >= 4 is 12.1 Å². The minimum atomic E-state index is -1.51. The van der Waals surface area contributed by atoms with Gasteiger partial charge in [-0.3, -0.25) is 4.79 Å². The molecule has 0 saturated carbocycles. The molecule has 280 valence electrons. The van der Waals surface area contributed by atoms with Crippen LogP contribution in [0.15, 0.2) is 24.3 Å². The van der Waals surface area contributed by atoms with Gasteiger partial charge in [0.2, 0.25) is 12.5 Å². The van der Waals surface area contributed by atoms with E-state index in [0.29, 0.717) is 34.8 Å². The van der Waals surface area contributed by atoms with Gasteiger partial charge in [0.05, 0.1) is 46.1 Å². The van der Waals surface area contributed by atoms with Crippen molar-refractivity contribution in [3.8, 4) is 28.7 Å². The maximum absolute atomic E-state index is 13.6. The highest BCUT2D eigenvalue weighted by Gasteiger charge is 2.55. The fourth-order valence-electron chi connectivity index (χ4n) is 6.87. The summed E-state index contributed by atoms with van der Waals surface area (Å²) in [6.07, 6.45) is -9.05. The molecule has 0 radical (unpaired) electrons. The number of hydrogen-bond acceptors (Lipinski definition) is 17. The van der Waals surface area contributed by atoms with E-state index < -0.39 is 86.2 Å². The number of carbonyl (C=O) groups is 2. The Kier molecular flexibility index (Phi) is 11.4. The topological polar surface area (TPSA) is 217 Å². The minimum absolute atomic E-state index is 0.0253. The molecule has 2 fully saturated rings. The van der Waals surface area contributed by atoms with E-state index in [1.165, 1.54) is 14.2 Å². The van der Waals surface area contributed by atoms with Crippen LogP contribution >= 0.6 is 0 Å². The van der Waals surface area contributed by atoms with E-state index in [1.54, 1.807) is 31.2 Å². The van der Waals surface area contributed by atoms with Crippen LogP contribution in [-0.2, 0) is 33.2 Å². The molecular formula is C34H42O17. The average Bonchev–Trinajstić information content (AvgIpc) is 3.75. The molecule has 0 bridgehead atoms. The summed E-state index contributed by atoms with van der Waals surface area (Å²) >= 11 is 0. The Morgan fingerprint density at radius 3 is 2.31 bits per heavy atom. The van der Waals surface area contributed by atoms with Crippen LogP contribution in [0.3, 0.4) is 0 Å². The van der Waals surface area contributed by atoms with Gasteiger partial charge in [0, 0.05) is 18.4 Å². The third kappa shape index (κ3) is 7.38. The Bertz CT molecular complexity index is 1540. The number of ether oxygens (including phenoxy) is 11. The molecule has 0 amide bonds. The molecule has 0 spiro atoms. The van der Waals surface area contributed by atoms with Crippen LogP contribution < -0.4 is 23.7 Å². The number of fused-ring (bicyclic) bond motifs is 3. The lowest BCUT2D eigenvalue weighted by Gasteiger charge is -2.43. The lowest BCUT2D eigenvalue weighted by Crippen LogP contribution is -2.56. The first-order chi connectivity index (χ1) is 24.6. The van der Waals surface area contributed by atoms with Crippen LogP contribution in [0.1, 0.15) is 42.6 Å². The molecule has 4 aliphatic rings. The molecule has 2 aromatic carbocycles. The molecule has 17 heteroatoms. The summed E-state index contributed by atoms with van der Waals surface area (Å²) in [5.41, 5.74) is 1.74. The van der Waals surface area contributed by atoms with E-state index in [9.17, 15) is 24.9 Å². The zero-order valence-corrected chi connectivity index (χ0v) is 28.4. The summed E-state index contributed by atoms with van der Waals surface area (Å²) in [6.45, 7) is 2.60. The molecule has 3 heterocycles. The average molecular weight is 723 g/mol. The molecule has 10 atom stereocenters. The monoisotopic (exact) mass is 722 g/mol. The molecule has 3 aliphatic heterocycles. The summed E-state index contributed by atoms with van der Waals surface area (Å²) < 4.78 is 61.9. The first kappa shape index (κ1) is 36.8. The Morgan fingerprint density at radius 2 is 1.67 bits per heavy atom. The number of cyclic esters (lactones) is 1. The van der Waals surface area contributed by atoms with E-state index in [4.69, 9.17) is 57.2 Å². The Labute approximate surface area is 292 Å². The van der Waals surface area contributed by atoms with Crippen molar-refractivity contribution in [2.45, 2.75) is 62.9 Å². The van der Waals surface area contributed by atoms with Crippen molar-refractivity contribution in [2.24, 2.45) is 11.8 Å². The van der Waals surface area contributed by atoms with Gasteiger partial charge >= 0.3 is 12.1 Å². The van der Waals surface area contributed by atoms with Gasteiger partial charge in [-0.05, 0) is 54.8 Å². The number of rotatable bonds is 13. The number of benzene rings is 2. The van der Waals surface area contributed by atoms with Crippen molar-refractivity contribution in [3.63, 3.8) is 0 Å². The van der Waals surface area contributed by atoms with Gasteiger partial charge in [-0.15, -0.1) is 0 Å². The summed E-state index contributed by atoms with van der Waals surface area (Å²) in [5.74, 6) is -1.75. The quantitative estimate of drug-likeness (QED) is 0.129. The first-order valence-corrected chi connectivity index (χ1v) is 16.5. The Balaban J connectivity index is 1.35. The second kappa shape index (κ2) is 15.7. The van der Waals surface area contributed by atoms with Gasteiger partial charge in [-0.25, -0.2) is 4.79 Å². The predicted octanol–water partition coefficient (Wildman–Crippen LogP) is 1.14. The zero-order valence-electron chi connectivity index (χ0n) is 28.4. The highest BCUT2D eigenvalue weighted by atomic mass is 16.7. The van der Waals surface area contributed by atoms with E-state index in [1.807, 2.05) is 6.92 Å². The highest BCUT2D eigenvalue weighted by molar-refractivity contribution is 5.79. The SMILES string of the molecule is CCOC(C)OC1COC(OC2c3cc4c(cc3[C@@H](c3cc(OC)c(OC(=O)OCC(O)CO)c(OC)c3)[C@H]3C(=O)OCC23)OCO4)C(O)C1O. The Morgan fingerprint density at radius 1 is 0.980 bits per heavy atom. The second-order valence-electron chi connectivity index (χ2n) is 12.3. The third-order valence-electron chi connectivity index (χ3n) is 9.23. The van der Waals surface area contributed by atoms with Crippen molar-refractivity contribution in [2.75, 3.05) is 54.0 Å². The fourth-order valence-corrected chi connectivity index (χ4v) is 6.87. The molecule has 2 saturated heterocycles. The first-order valence-electron chi connectivity index (χ1n) is 16.5. The smallest absolute Gasteiger partial charge is 0.493 e. The molecule has 2 aromatic rings. The van der Waals surface area contributed by atoms with Crippen LogP contribution in [-0.4, -0.2) is 124 Å². The molecule has 17 nitrogen and oxygen atoms in total. The van der Waals surface area contributed by atoms with Gasteiger partial charge in [0.15, 0.2) is 35.6 Å². The molecular weight excluding hydrogens is 680 g/mol. The van der Waals surface area contributed by atoms with Gasteiger partial charge < -0.3 is 72.5 Å². The van der Waals surface area contributed by atoms with Crippen molar-refractivity contribution in [3.05, 3.63) is 41.0 Å². The summed E-state index contributed by atoms with van der Waals surface area (Å²) in [7, 11) is 2.71. The van der Waals surface area contributed by atoms with E-state index in [-0.39, 0.29) is 37.3 Å². The normalized spacial score (nSPS) is 29.0. The van der Waals surface area contributed by atoms with Crippen molar-refractivity contribution in [1.29, 1.82) is 0 Å². The van der Waals surface area contributed by atoms with Crippen LogP contribution in [0.5, 0.6) is 28.7 Å². The Hall–Kier alpha value is -3.94. The number of aliphatic hydroxyl groups is 4. The number of aliphatic hydroxyl groups excluding tert-OH is 4. The molecule has 51 heavy (non-hydrogen) atoms. The summed E-state index contributed by atoms with van der Waals surface area (Å²) in [5, 5.41) is 40.6. The third-order valence-corrected chi connectivity index (χ3v) is 9.23. The lowest BCUT2D eigenvalue weighted by molar-refractivity contribution is -0.310. The van der Waals surface area contributed by atoms with Gasteiger partial charge in [-0.1, -0.05) is 0 Å². The number of methoxy groups -OCH3 is 2. The highest BCUT2D eigenvalue weighted by Crippen LogP contribution is 2.57.